The topological polar surface area (TPSA) is 172 Å². The fourth-order valence-corrected chi connectivity index (χ4v) is 9.67. The number of rotatable bonds is 10. The van der Waals surface area contributed by atoms with E-state index in [9.17, 15) is 19.2 Å². The van der Waals surface area contributed by atoms with Crippen LogP contribution in [-0.4, -0.2) is 139 Å². The molecule has 2 saturated heterocycles. The van der Waals surface area contributed by atoms with Gasteiger partial charge in [-0.1, -0.05) is 27.7 Å². The van der Waals surface area contributed by atoms with E-state index in [-0.39, 0.29) is 43.1 Å². The van der Waals surface area contributed by atoms with Crippen LogP contribution in [0.3, 0.4) is 0 Å². The first-order valence-electron chi connectivity index (χ1n) is 21.6. The van der Waals surface area contributed by atoms with Crippen LogP contribution < -0.4 is 0 Å². The molecule has 16 atom stereocenters. The van der Waals surface area contributed by atoms with Crippen molar-refractivity contribution >= 4 is 23.8 Å². The first-order valence-corrected chi connectivity index (χ1v) is 21.6. The number of allylic oxidation sites excluding steroid dienone is 1. The van der Waals surface area contributed by atoms with Crippen LogP contribution in [-0.2, 0) is 57.0 Å². The van der Waals surface area contributed by atoms with Crippen LogP contribution in [0.15, 0.2) is 30.4 Å². The molecule has 2 fully saturated rings. The lowest BCUT2D eigenvalue weighted by Gasteiger charge is -2.50. The summed E-state index contributed by atoms with van der Waals surface area (Å²) in [6, 6.07) is 0.141. The minimum absolute atomic E-state index is 0.0743. The van der Waals surface area contributed by atoms with Crippen LogP contribution in [0.2, 0.25) is 0 Å². The van der Waals surface area contributed by atoms with Crippen molar-refractivity contribution < 1.29 is 61.8 Å². The molecule has 9 unspecified atom stereocenters. The number of Topliss-reactive ketones (excluding diaryl/α,β-unsaturated/α-hetero) is 1. The Hall–Kier alpha value is -3.25. The number of esters is 2. The Morgan fingerprint density at radius 3 is 2.13 bits per heavy atom. The Balaban J connectivity index is 1.89. The lowest BCUT2D eigenvalue weighted by atomic mass is 9.76. The molecule has 0 radical (unpaired) electrons. The molecule has 0 aromatic carbocycles. The van der Waals surface area contributed by atoms with Crippen molar-refractivity contribution in [3.8, 4) is 0 Å². The fourth-order valence-electron chi connectivity index (χ4n) is 9.67. The van der Waals surface area contributed by atoms with Crippen LogP contribution in [0.25, 0.3) is 0 Å². The molecule has 16 heteroatoms. The predicted octanol–water partition coefficient (Wildman–Crippen LogP) is 6.12. The third-order valence-electron chi connectivity index (χ3n) is 13.2. The molecule has 0 spiro atoms. The number of aromatic nitrogens is 2. The molecule has 1 aromatic heterocycles. The van der Waals surface area contributed by atoms with E-state index in [2.05, 4.69) is 16.8 Å². The number of imidazole rings is 1. The highest BCUT2D eigenvalue weighted by atomic mass is 16.7. The van der Waals surface area contributed by atoms with Crippen LogP contribution in [0.4, 0.5) is 4.79 Å². The molecule has 1 aromatic rings. The predicted molar refractivity (Wildman–Crippen MR) is 224 cm³/mol. The van der Waals surface area contributed by atoms with Gasteiger partial charge in [0.1, 0.15) is 18.0 Å². The molecule has 4 heterocycles. The third kappa shape index (κ3) is 11.5. The van der Waals surface area contributed by atoms with Crippen LogP contribution >= 0.6 is 0 Å². The van der Waals surface area contributed by atoms with Gasteiger partial charge in [0.15, 0.2) is 30.1 Å². The molecular weight excluding hydrogens is 791 g/mol. The smallest absolute Gasteiger partial charge is 0.420 e. The molecule has 0 bridgehead atoms. The fraction of sp³-hybridized carbons (Fsp3) is 0.800. The molecule has 0 N–H and O–H groups in total. The number of ketones is 1. The molecule has 3 aliphatic rings. The SMILES string of the molecule is CCC1OC(=O)[C@H](C)[C@@H](OC2CC(C)(OC)C(OC(C)=O)C(C)O2)[C@H](C)[C@@H](OC2OC(C)CC(N(C)C)C2C)[C@@](C)(OC)C[C@@H](C)C(=O)/C(C)=C/[C@]1(C)OC(=O)n1ccnc1. The maximum Gasteiger partial charge on any atom is 0.420 e. The number of hydrogen-bond donors (Lipinski definition) is 0. The number of carbonyl (C=O) groups is 4. The maximum absolute atomic E-state index is 14.7. The molecule has 0 amide bonds. The summed E-state index contributed by atoms with van der Waals surface area (Å²) < 4.78 is 58.8. The first kappa shape index (κ1) is 50.4. The van der Waals surface area contributed by atoms with Gasteiger partial charge in [-0.3, -0.25) is 14.4 Å². The van der Waals surface area contributed by atoms with Gasteiger partial charge in [0, 0.05) is 63.8 Å². The standard InChI is InChI=1S/C45H73N3O13/c1-17-34-43(10,61-42(52)48-19-18-46-24-48)21-25(2)36(50)26(3)22-44(11,53-15)38(60-41-28(5)33(47(13)14)20-27(4)55-41)29(6)37(30(7)40(51)58-34)59-35-23-45(12,54-16)39(31(8)56-35)57-32(9)49/h18-19,21,24,26-31,33-35,37-39,41H,17,20,22-23H2,1-16H3/b25-21+/t26-,27?,28?,29+,30-,31?,33?,34?,35?,37+,38-,39?,41?,43+,44+,45?/m1/s1. The van der Waals surface area contributed by atoms with E-state index < -0.39 is 95.7 Å². The summed E-state index contributed by atoms with van der Waals surface area (Å²) in [6.45, 7) is 21.5. The van der Waals surface area contributed by atoms with Crippen molar-refractivity contribution in [1.29, 1.82) is 0 Å². The highest BCUT2D eigenvalue weighted by Crippen LogP contribution is 2.42. The molecule has 346 valence electrons. The van der Waals surface area contributed by atoms with Gasteiger partial charge in [-0.15, -0.1) is 0 Å². The zero-order valence-corrected chi connectivity index (χ0v) is 39.3. The van der Waals surface area contributed by atoms with Crippen molar-refractivity contribution in [3.05, 3.63) is 30.4 Å². The van der Waals surface area contributed by atoms with Crippen molar-refractivity contribution in [1.82, 2.24) is 14.5 Å². The third-order valence-corrected chi connectivity index (χ3v) is 13.2. The molecule has 0 aliphatic carbocycles. The zero-order chi connectivity index (χ0) is 45.8. The number of hydrogen-bond acceptors (Lipinski definition) is 15. The second kappa shape index (κ2) is 20.5. The zero-order valence-electron chi connectivity index (χ0n) is 39.3. The minimum atomic E-state index is -1.59. The number of ether oxygens (including phenoxy) is 9. The van der Waals surface area contributed by atoms with Gasteiger partial charge in [0.2, 0.25) is 0 Å². The van der Waals surface area contributed by atoms with Gasteiger partial charge in [-0.2, -0.15) is 0 Å². The Kier molecular flexibility index (Phi) is 16.9. The summed E-state index contributed by atoms with van der Waals surface area (Å²) >= 11 is 0. The van der Waals surface area contributed by atoms with Crippen molar-refractivity contribution in [2.24, 2.45) is 23.7 Å². The molecule has 3 aliphatic heterocycles. The quantitative estimate of drug-likeness (QED) is 0.194. The Bertz CT molecular complexity index is 1690. The monoisotopic (exact) mass is 864 g/mol. The van der Waals surface area contributed by atoms with Crippen molar-refractivity contribution in [2.45, 2.75) is 181 Å². The van der Waals surface area contributed by atoms with E-state index in [1.165, 1.54) is 37.3 Å². The Labute approximate surface area is 362 Å². The normalized spacial score (nSPS) is 41.6. The summed E-state index contributed by atoms with van der Waals surface area (Å²) in [6.07, 6.45) is 0.385. The average Bonchev–Trinajstić information content (AvgIpc) is 3.74. The first-order chi connectivity index (χ1) is 28.4. The van der Waals surface area contributed by atoms with E-state index in [1.807, 2.05) is 55.6 Å². The van der Waals surface area contributed by atoms with Crippen LogP contribution in [0, 0.1) is 23.7 Å². The Morgan fingerprint density at radius 1 is 0.934 bits per heavy atom. The summed E-state index contributed by atoms with van der Waals surface area (Å²) in [7, 11) is 7.20. The van der Waals surface area contributed by atoms with E-state index in [1.54, 1.807) is 40.9 Å². The van der Waals surface area contributed by atoms with Gasteiger partial charge in [0.25, 0.3) is 0 Å². The average molecular weight is 864 g/mol. The second-order valence-corrected chi connectivity index (χ2v) is 18.4. The van der Waals surface area contributed by atoms with Crippen molar-refractivity contribution in [2.75, 3.05) is 28.3 Å². The van der Waals surface area contributed by atoms with Gasteiger partial charge < -0.3 is 47.5 Å². The number of cyclic esters (lactones) is 1. The van der Waals surface area contributed by atoms with Crippen LogP contribution in [0.5, 0.6) is 0 Å². The van der Waals surface area contributed by atoms with Crippen LogP contribution in [0.1, 0.15) is 109 Å². The largest absolute Gasteiger partial charge is 0.457 e. The van der Waals surface area contributed by atoms with Crippen molar-refractivity contribution in [3.63, 3.8) is 0 Å². The summed E-state index contributed by atoms with van der Waals surface area (Å²) in [5.74, 6) is -3.65. The summed E-state index contributed by atoms with van der Waals surface area (Å²) in [4.78, 5) is 60.9. The molecule has 61 heavy (non-hydrogen) atoms. The van der Waals surface area contributed by atoms with Gasteiger partial charge >= 0.3 is 18.0 Å². The van der Waals surface area contributed by atoms with E-state index in [0.29, 0.717) is 5.57 Å². The molecular formula is C45H73N3O13. The lowest BCUT2D eigenvalue weighted by Crippen LogP contribution is -2.60. The number of methoxy groups -OCH3 is 2. The number of carbonyl (C=O) groups excluding carboxylic acids is 4. The van der Waals surface area contributed by atoms with E-state index in [4.69, 9.17) is 42.6 Å². The minimum Gasteiger partial charge on any atom is -0.457 e. The summed E-state index contributed by atoms with van der Waals surface area (Å²) in [5, 5.41) is 0. The highest BCUT2D eigenvalue weighted by Gasteiger charge is 2.53. The van der Waals surface area contributed by atoms with E-state index >= 15 is 0 Å². The number of nitrogens with zero attached hydrogens (tertiary/aromatic N) is 3. The molecule has 0 saturated carbocycles. The van der Waals surface area contributed by atoms with Gasteiger partial charge in [-0.25, -0.2) is 14.3 Å². The van der Waals surface area contributed by atoms with Gasteiger partial charge in [0.05, 0.1) is 35.9 Å². The summed E-state index contributed by atoms with van der Waals surface area (Å²) in [5.41, 5.74) is -3.44. The molecule has 16 nitrogen and oxygen atoms in total. The van der Waals surface area contributed by atoms with Gasteiger partial charge in [-0.05, 0) is 93.5 Å². The molecule has 4 rings (SSSR count). The van der Waals surface area contributed by atoms with E-state index in [0.717, 1.165) is 6.42 Å². The maximum atomic E-state index is 14.7. The second-order valence-electron chi connectivity index (χ2n) is 18.4. The highest BCUT2D eigenvalue weighted by molar-refractivity contribution is 5.96. The lowest BCUT2D eigenvalue weighted by molar-refractivity contribution is -0.315. The Morgan fingerprint density at radius 2 is 1.57 bits per heavy atom.